The van der Waals surface area contributed by atoms with Gasteiger partial charge in [0.25, 0.3) is 0 Å². The highest BCUT2D eigenvalue weighted by molar-refractivity contribution is 5.30. The van der Waals surface area contributed by atoms with E-state index >= 15 is 0 Å². The van der Waals surface area contributed by atoms with Gasteiger partial charge in [-0.3, -0.25) is 0 Å². The first kappa shape index (κ1) is 11.7. The first-order chi connectivity index (χ1) is 7.47. The zero-order valence-electron chi connectivity index (χ0n) is 10.5. The summed E-state index contributed by atoms with van der Waals surface area (Å²) < 4.78 is 0. The molecule has 88 valence electrons. The summed E-state index contributed by atoms with van der Waals surface area (Å²) in [4.78, 5) is 0. The molecule has 0 bridgehead atoms. The van der Waals surface area contributed by atoms with Gasteiger partial charge in [-0.1, -0.05) is 45.0 Å². The molecule has 1 nitrogen and oxygen atoms in total. The monoisotopic (exact) mass is 218 g/mol. The molecule has 0 amide bonds. The highest BCUT2D eigenvalue weighted by atomic mass is 16.3. The van der Waals surface area contributed by atoms with Crippen LogP contribution in [0.1, 0.15) is 57.1 Å². The highest BCUT2D eigenvalue weighted by Crippen LogP contribution is 2.35. The molecule has 0 aromatic heterocycles. The van der Waals surface area contributed by atoms with Gasteiger partial charge in [-0.25, -0.2) is 0 Å². The van der Waals surface area contributed by atoms with Crippen LogP contribution in [0.2, 0.25) is 0 Å². The zero-order valence-corrected chi connectivity index (χ0v) is 10.5. The van der Waals surface area contributed by atoms with Crippen LogP contribution in [0.15, 0.2) is 24.3 Å². The van der Waals surface area contributed by atoms with E-state index in [0.717, 1.165) is 19.3 Å². The van der Waals surface area contributed by atoms with E-state index in [4.69, 9.17) is 0 Å². The maximum Gasteiger partial charge on any atom is 0.0546 e. The van der Waals surface area contributed by atoms with Crippen molar-refractivity contribution >= 4 is 0 Å². The molecule has 0 radical (unpaired) electrons. The number of aliphatic hydroxyl groups excluding tert-OH is 1. The zero-order chi connectivity index (χ0) is 11.8. The summed E-state index contributed by atoms with van der Waals surface area (Å²) in [7, 11) is 0. The molecular formula is C15H22O. The molecule has 0 spiro atoms. The van der Waals surface area contributed by atoms with E-state index in [2.05, 4.69) is 45.0 Å². The quantitative estimate of drug-likeness (QED) is 0.763. The summed E-state index contributed by atoms with van der Waals surface area (Å²) in [6.07, 6.45) is 2.96. The molecule has 1 aromatic rings. The molecule has 2 atom stereocenters. The van der Waals surface area contributed by atoms with Crippen LogP contribution in [0.3, 0.4) is 0 Å². The van der Waals surface area contributed by atoms with Gasteiger partial charge in [0.1, 0.15) is 0 Å². The second-order valence-corrected chi connectivity index (χ2v) is 6.04. The summed E-state index contributed by atoms with van der Waals surface area (Å²) in [5.41, 5.74) is 3.01. The van der Waals surface area contributed by atoms with Crippen LogP contribution >= 0.6 is 0 Å². The molecule has 16 heavy (non-hydrogen) atoms. The smallest absolute Gasteiger partial charge is 0.0546 e. The lowest BCUT2D eigenvalue weighted by Crippen LogP contribution is -2.11. The topological polar surface area (TPSA) is 20.2 Å². The molecule has 2 rings (SSSR count). The first-order valence-corrected chi connectivity index (χ1v) is 6.25. The molecule has 0 aliphatic heterocycles. The second kappa shape index (κ2) is 4.21. The predicted molar refractivity (Wildman–Crippen MR) is 67.7 cm³/mol. The minimum atomic E-state index is -0.0766. The lowest BCUT2D eigenvalue weighted by molar-refractivity contribution is 0.181. The van der Waals surface area contributed by atoms with Gasteiger partial charge in [-0.15, -0.1) is 0 Å². The third kappa shape index (κ3) is 2.46. The Hall–Kier alpha value is -0.820. The predicted octanol–water partition coefficient (Wildman–Crippen LogP) is 3.61. The van der Waals surface area contributed by atoms with Crippen molar-refractivity contribution in [2.24, 2.45) is 0 Å². The number of hydrogen-bond acceptors (Lipinski definition) is 1. The van der Waals surface area contributed by atoms with Crippen molar-refractivity contribution < 1.29 is 5.11 Å². The van der Waals surface area contributed by atoms with Crippen LogP contribution in [0.5, 0.6) is 0 Å². The van der Waals surface area contributed by atoms with E-state index in [0.29, 0.717) is 5.92 Å². The van der Waals surface area contributed by atoms with Gasteiger partial charge < -0.3 is 5.11 Å². The van der Waals surface area contributed by atoms with Gasteiger partial charge in [0.15, 0.2) is 0 Å². The Labute approximate surface area is 98.5 Å². The van der Waals surface area contributed by atoms with Crippen molar-refractivity contribution in [2.45, 2.75) is 57.5 Å². The normalized spacial score (nSPS) is 26.0. The summed E-state index contributed by atoms with van der Waals surface area (Å²) in [6.45, 7) is 6.71. The van der Waals surface area contributed by atoms with E-state index in [1.54, 1.807) is 0 Å². The Kier molecular flexibility index (Phi) is 3.07. The molecule has 1 aliphatic carbocycles. The van der Waals surface area contributed by atoms with E-state index in [9.17, 15) is 5.11 Å². The Morgan fingerprint density at radius 1 is 1.06 bits per heavy atom. The molecule has 0 saturated heterocycles. The van der Waals surface area contributed by atoms with Crippen LogP contribution < -0.4 is 0 Å². The Morgan fingerprint density at radius 2 is 1.69 bits per heavy atom. The van der Waals surface area contributed by atoms with Crippen LogP contribution in [0, 0.1) is 0 Å². The van der Waals surface area contributed by atoms with Crippen molar-refractivity contribution in [3.8, 4) is 0 Å². The maximum atomic E-state index is 9.54. The third-order valence-corrected chi connectivity index (χ3v) is 3.65. The number of hydrogen-bond donors (Lipinski definition) is 1. The molecule has 2 unspecified atom stereocenters. The SMILES string of the molecule is CC(C)(C)c1ccc(C2CCC(O)C2)cc1. The molecule has 1 fully saturated rings. The first-order valence-electron chi connectivity index (χ1n) is 6.25. The molecular weight excluding hydrogens is 196 g/mol. The van der Waals surface area contributed by atoms with Gasteiger partial charge >= 0.3 is 0 Å². The van der Waals surface area contributed by atoms with Crippen molar-refractivity contribution in [3.05, 3.63) is 35.4 Å². The van der Waals surface area contributed by atoms with Crippen LogP contribution in [0.25, 0.3) is 0 Å². The Morgan fingerprint density at radius 3 is 2.12 bits per heavy atom. The van der Waals surface area contributed by atoms with Crippen LogP contribution in [0.4, 0.5) is 0 Å². The molecule has 1 saturated carbocycles. The van der Waals surface area contributed by atoms with E-state index < -0.39 is 0 Å². The number of aliphatic hydroxyl groups is 1. The second-order valence-electron chi connectivity index (χ2n) is 6.04. The number of rotatable bonds is 1. The van der Waals surface area contributed by atoms with E-state index in [-0.39, 0.29) is 11.5 Å². The highest BCUT2D eigenvalue weighted by Gasteiger charge is 2.24. The fraction of sp³-hybridized carbons (Fsp3) is 0.600. The average molecular weight is 218 g/mol. The summed E-state index contributed by atoms with van der Waals surface area (Å²) in [5.74, 6) is 0.573. The molecule has 1 aliphatic rings. The largest absolute Gasteiger partial charge is 0.393 e. The third-order valence-electron chi connectivity index (χ3n) is 3.65. The van der Waals surface area contributed by atoms with Gasteiger partial charge in [-0.05, 0) is 41.7 Å². The molecule has 1 aromatic carbocycles. The van der Waals surface area contributed by atoms with Crippen molar-refractivity contribution in [3.63, 3.8) is 0 Å². The summed E-state index contributed by atoms with van der Waals surface area (Å²) in [6, 6.07) is 8.95. The fourth-order valence-corrected chi connectivity index (χ4v) is 2.52. The van der Waals surface area contributed by atoms with Crippen molar-refractivity contribution in [1.29, 1.82) is 0 Å². The number of benzene rings is 1. The van der Waals surface area contributed by atoms with E-state index in [1.807, 2.05) is 0 Å². The minimum Gasteiger partial charge on any atom is -0.393 e. The lowest BCUT2D eigenvalue weighted by Gasteiger charge is -2.20. The summed E-state index contributed by atoms with van der Waals surface area (Å²) in [5, 5.41) is 9.54. The van der Waals surface area contributed by atoms with E-state index in [1.165, 1.54) is 11.1 Å². The Balaban J connectivity index is 2.14. The summed E-state index contributed by atoms with van der Waals surface area (Å²) >= 11 is 0. The standard InChI is InChI=1S/C15H22O/c1-15(2,3)13-7-4-11(5-8-13)12-6-9-14(16)10-12/h4-5,7-8,12,14,16H,6,9-10H2,1-3H3. The van der Waals surface area contributed by atoms with Gasteiger partial charge in [-0.2, -0.15) is 0 Å². The minimum absolute atomic E-state index is 0.0766. The molecule has 0 heterocycles. The maximum absolute atomic E-state index is 9.54. The van der Waals surface area contributed by atoms with Crippen molar-refractivity contribution in [2.75, 3.05) is 0 Å². The van der Waals surface area contributed by atoms with Crippen molar-refractivity contribution in [1.82, 2.24) is 0 Å². The van der Waals surface area contributed by atoms with Crippen LogP contribution in [-0.2, 0) is 5.41 Å². The van der Waals surface area contributed by atoms with Crippen LogP contribution in [-0.4, -0.2) is 11.2 Å². The van der Waals surface area contributed by atoms with Gasteiger partial charge in [0, 0.05) is 0 Å². The van der Waals surface area contributed by atoms with Gasteiger partial charge in [0.05, 0.1) is 6.10 Å². The lowest BCUT2D eigenvalue weighted by atomic mass is 9.85. The molecule has 1 heteroatoms. The fourth-order valence-electron chi connectivity index (χ4n) is 2.52. The van der Waals surface area contributed by atoms with Gasteiger partial charge in [0.2, 0.25) is 0 Å². The average Bonchev–Trinajstić information content (AvgIpc) is 2.64. The Bertz CT molecular complexity index is 345. The molecule has 1 N–H and O–H groups in total.